The molecule has 1 aliphatic heterocycles. The highest BCUT2D eigenvalue weighted by Crippen LogP contribution is 2.24. The maximum atomic E-state index is 5.81. The topological polar surface area (TPSA) is 50.3 Å². The number of likely N-dealkylation sites (N-methyl/N-ethyl adjacent to an activating group) is 1. The zero-order valence-corrected chi connectivity index (χ0v) is 12.4. The summed E-state index contributed by atoms with van der Waals surface area (Å²) in [4.78, 5) is 10.8. The van der Waals surface area contributed by atoms with E-state index in [1.165, 1.54) is 19.3 Å². The lowest BCUT2D eigenvalue weighted by Gasteiger charge is -2.32. The van der Waals surface area contributed by atoms with Gasteiger partial charge in [-0.2, -0.15) is 4.98 Å². The molecule has 1 aliphatic rings. The molecule has 18 heavy (non-hydrogen) atoms. The van der Waals surface area contributed by atoms with Crippen molar-refractivity contribution in [2.75, 3.05) is 32.6 Å². The summed E-state index contributed by atoms with van der Waals surface area (Å²) in [7, 11) is 3.95. The minimum atomic E-state index is 0.485. The Bertz CT molecular complexity index is 402. The zero-order valence-electron chi connectivity index (χ0n) is 10.8. The number of hydrogen-bond donors (Lipinski definition) is 1. The van der Waals surface area contributed by atoms with Crippen molar-refractivity contribution in [1.82, 2.24) is 14.9 Å². The standard InChI is InChI=1S/C12H19BrN4O/c1-14-12-15-7-10(13)11(16-12)18-8-9-5-3-4-6-17(9)2/h7,9H,3-6,8H2,1-2H3,(H,14,15,16). The van der Waals surface area contributed by atoms with Crippen LogP contribution in [-0.4, -0.2) is 48.2 Å². The number of nitrogens with one attached hydrogen (secondary N) is 1. The van der Waals surface area contributed by atoms with E-state index in [9.17, 15) is 0 Å². The zero-order chi connectivity index (χ0) is 13.0. The summed E-state index contributed by atoms with van der Waals surface area (Å²) in [5.41, 5.74) is 0. The first-order valence-corrected chi connectivity index (χ1v) is 7.03. The molecule has 0 saturated carbocycles. The molecule has 1 atom stereocenters. The van der Waals surface area contributed by atoms with Crippen molar-refractivity contribution in [1.29, 1.82) is 0 Å². The van der Waals surface area contributed by atoms with Crippen LogP contribution >= 0.6 is 15.9 Å². The fourth-order valence-electron chi connectivity index (χ4n) is 2.10. The van der Waals surface area contributed by atoms with Gasteiger partial charge in [-0.3, -0.25) is 0 Å². The molecule has 1 unspecified atom stereocenters. The smallest absolute Gasteiger partial charge is 0.232 e. The third kappa shape index (κ3) is 3.32. The predicted molar refractivity (Wildman–Crippen MR) is 75.0 cm³/mol. The van der Waals surface area contributed by atoms with Crippen molar-refractivity contribution in [3.05, 3.63) is 10.7 Å². The lowest BCUT2D eigenvalue weighted by atomic mass is 10.0. The Hall–Kier alpha value is -0.880. The average Bonchev–Trinajstić information content (AvgIpc) is 2.39. The Labute approximate surface area is 116 Å². The number of hydrogen-bond acceptors (Lipinski definition) is 5. The molecule has 0 aliphatic carbocycles. The van der Waals surface area contributed by atoms with E-state index in [0.717, 1.165) is 11.0 Å². The molecule has 0 radical (unpaired) electrons. The first-order valence-electron chi connectivity index (χ1n) is 6.24. The fourth-order valence-corrected chi connectivity index (χ4v) is 2.41. The van der Waals surface area contributed by atoms with Gasteiger partial charge in [0.05, 0.1) is 10.7 Å². The summed E-state index contributed by atoms with van der Waals surface area (Å²) in [6.07, 6.45) is 5.47. The van der Waals surface area contributed by atoms with Crippen LogP contribution in [0.4, 0.5) is 5.95 Å². The number of aromatic nitrogens is 2. The normalized spacial score (nSPS) is 20.7. The molecular formula is C12H19BrN4O. The van der Waals surface area contributed by atoms with E-state index in [-0.39, 0.29) is 0 Å². The first-order chi connectivity index (χ1) is 8.70. The van der Waals surface area contributed by atoms with Crippen LogP contribution in [-0.2, 0) is 0 Å². The Morgan fingerprint density at radius 2 is 2.39 bits per heavy atom. The SMILES string of the molecule is CNc1ncc(Br)c(OCC2CCCCN2C)n1. The second kappa shape index (κ2) is 6.33. The third-order valence-electron chi connectivity index (χ3n) is 3.27. The van der Waals surface area contributed by atoms with Crippen LogP contribution in [0, 0.1) is 0 Å². The van der Waals surface area contributed by atoms with E-state index >= 15 is 0 Å². The minimum absolute atomic E-state index is 0.485. The quantitative estimate of drug-likeness (QED) is 0.922. The van der Waals surface area contributed by atoms with Crippen LogP contribution in [0.5, 0.6) is 5.88 Å². The van der Waals surface area contributed by atoms with E-state index in [1.807, 2.05) is 0 Å². The van der Waals surface area contributed by atoms with Gasteiger partial charge in [-0.05, 0) is 42.4 Å². The van der Waals surface area contributed by atoms with Crippen LogP contribution in [0.1, 0.15) is 19.3 Å². The van der Waals surface area contributed by atoms with Crippen LogP contribution in [0.25, 0.3) is 0 Å². The van der Waals surface area contributed by atoms with Gasteiger partial charge in [-0.1, -0.05) is 6.42 Å². The number of nitrogens with zero attached hydrogens (tertiary/aromatic N) is 3. The molecule has 100 valence electrons. The van der Waals surface area contributed by atoms with Crippen molar-refractivity contribution in [2.24, 2.45) is 0 Å². The number of rotatable bonds is 4. The summed E-state index contributed by atoms with van der Waals surface area (Å²) < 4.78 is 6.60. The van der Waals surface area contributed by atoms with Gasteiger partial charge >= 0.3 is 0 Å². The van der Waals surface area contributed by atoms with Crippen molar-refractivity contribution in [2.45, 2.75) is 25.3 Å². The molecule has 2 rings (SSSR count). The number of piperidine rings is 1. The van der Waals surface area contributed by atoms with Crippen LogP contribution in [0.15, 0.2) is 10.7 Å². The molecule has 2 heterocycles. The van der Waals surface area contributed by atoms with Gasteiger partial charge in [0.1, 0.15) is 6.61 Å². The molecule has 1 aromatic rings. The molecular weight excluding hydrogens is 296 g/mol. The van der Waals surface area contributed by atoms with Gasteiger partial charge < -0.3 is 15.0 Å². The van der Waals surface area contributed by atoms with E-state index in [4.69, 9.17) is 4.74 Å². The van der Waals surface area contributed by atoms with Crippen LogP contribution < -0.4 is 10.1 Å². The van der Waals surface area contributed by atoms with Gasteiger partial charge in [-0.25, -0.2) is 4.98 Å². The number of anilines is 1. The van der Waals surface area contributed by atoms with Crippen LogP contribution in [0.3, 0.4) is 0 Å². The molecule has 1 saturated heterocycles. The van der Waals surface area contributed by atoms with E-state index in [0.29, 0.717) is 24.5 Å². The molecule has 0 aromatic carbocycles. The Morgan fingerprint density at radius 3 is 3.11 bits per heavy atom. The lowest BCUT2D eigenvalue weighted by molar-refractivity contribution is 0.122. The van der Waals surface area contributed by atoms with Crippen molar-refractivity contribution >= 4 is 21.9 Å². The fraction of sp³-hybridized carbons (Fsp3) is 0.667. The largest absolute Gasteiger partial charge is 0.475 e. The molecule has 0 amide bonds. The molecule has 1 fully saturated rings. The average molecular weight is 315 g/mol. The Morgan fingerprint density at radius 1 is 1.56 bits per heavy atom. The first kappa shape index (κ1) is 13.5. The number of halogens is 1. The second-order valence-corrected chi connectivity index (χ2v) is 5.39. The maximum Gasteiger partial charge on any atom is 0.232 e. The molecule has 0 spiro atoms. The van der Waals surface area contributed by atoms with Gasteiger partial charge in [0, 0.05) is 13.1 Å². The molecule has 6 heteroatoms. The van der Waals surface area contributed by atoms with Crippen LogP contribution in [0.2, 0.25) is 0 Å². The van der Waals surface area contributed by atoms with Gasteiger partial charge in [0.2, 0.25) is 11.8 Å². The monoisotopic (exact) mass is 314 g/mol. The highest BCUT2D eigenvalue weighted by Gasteiger charge is 2.20. The van der Waals surface area contributed by atoms with Crippen molar-refractivity contribution in [3.8, 4) is 5.88 Å². The summed E-state index contributed by atoms with van der Waals surface area (Å²) in [6, 6.07) is 0.485. The summed E-state index contributed by atoms with van der Waals surface area (Å²) >= 11 is 3.41. The molecule has 0 bridgehead atoms. The second-order valence-electron chi connectivity index (χ2n) is 4.54. The third-order valence-corrected chi connectivity index (χ3v) is 3.81. The maximum absolute atomic E-state index is 5.81. The van der Waals surface area contributed by atoms with E-state index < -0.39 is 0 Å². The van der Waals surface area contributed by atoms with E-state index in [1.54, 1.807) is 13.2 Å². The molecule has 5 nitrogen and oxygen atoms in total. The Kier molecular flexibility index (Phi) is 4.77. The van der Waals surface area contributed by atoms with Gasteiger partial charge in [-0.15, -0.1) is 0 Å². The summed E-state index contributed by atoms with van der Waals surface area (Å²) in [5.74, 6) is 1.18. The summed E-state index contributed by atoms with van der Waals surface area (Å²) in [6.45, 7) is 1.83. The number of ether oxygens (including phenoxy) is 1. The van der Waals surface area contributed by atoms with E-state index in [2.05, 4.69) is 43.2 Å². The highest BCUT2D eigenvalue weighted by molar-refractivity contribution is 9.10. The summed E-state index contributed by atoms with van der Waals surface area (Å²) in [5, 5.41) is 2.91. The molecule has 1 N–H and O–H groups in total. The van der Waals surface area contributed by atoms with Crippen molar-refractivity contribution in [3.63, 3.8) is 0 Å². The van der Waals surface area contributed by atoms with Gasteiger partial charge in [0.15, 0.2) is 0 Å². The number of likely N-dealkylation sites (tertiary alicyclic amines) is 1. The van der Waals surface area contributed by atoms with Gasteiger partial charge in [0.25, 0.3) is 0 Å². The van der Waals surface area contributed by atoms with Crippen molar-refractivity contribution < 1.29 is 4.74 Å². The minimum Gasteiger partial charge on any atom is -0.475 e. The lowest BCUT2D eigenvalue weighted by Crippen LogP contribution is -2.40. The molecule has 1 aromatic heterocycles. The Balaban J connectivity index is 1.96. The highest BCUT2D eigenvalue weighted by atomic mass is 79.9. The predicted octanol–water partition coefficient (Wildman–Crippen LogP) is 2.14.